The minimum Gasteiger partial charge on any atom is -0.456 e. The van der Waals surface area contributed by atoms with Gasteiger partial charge in [0.2, 0.25) is 0 Å². The number of nitrogens with zero attached hydrogens (tertiary/aromatic N) is 1. The van der Waals surface area contributed by atoms with Crippen LogP contribution >= 0.6 is 0 Å². The lowest BCUT2D eigenvalue weighted by molar-refractivity contribution is -0.00448. The zero-order chi connectivity index (χ0) is 40.5. The van der Waals surface area contributed by atoms with Crippen LogP contribution in [0.2, 0.25) is 0 Å². The molecule has 0 spiro atoms. The van der Waals surface area contributed by atoms with E-state index in [0.29, 0.717) is 0 Å². The number of hydrogen-bond acceptors (Lipinski definition) is 2. The molecule has 4 fully saturated rings. The van der Waals surface area contributed by atoms with Gasteiger partial charge in [-0.2, -0.15) is 0 Å². The van der Waals surface area contributed by atoms with Gasteiger partial charge in [0, 0.05) is 33.1 Å². The smallest absolute Gasteiger partial charge is 0.135 e. The topological polar surface area (TPSA) is 16.4 Å². The van der Waals surface area contributed by atoms with Crippen LogP contribution in [-0.2, 0) is 10.8 Å². The first-order valence-electron chi connectivity index (χ1n) is 22.6. The van der Waals surface area contributed by atoms with E-state index in [-0.39, 0.29) is 10.8 Å². The molecular formula is C59H49NO. The van der Waals surface area contributed by atoms with Crippen molar-refractivity contribution in [3.63, 3.8) is 0 Å². The highest BCUT2D eigenvalue weighted by molar-refractivity contribution is 6.11. The van der Waals surface area contributed by atoms with Crippen molar-refractivity contribution in [3.05, 3.63) is 187 Å². The molecule has 0 unspecified atom stereocenters. The fourth-order valence-corrected chi connectivity index (χ4v) is 13.4. The third-order valence-corrected chi connectivity index (χ3v) is 15.6. The Hall–Kier alpha value is -6.38. The minimum atomic E-state index is -0.134. The molecule has 61 heavy (non-hydrogen) atoms. The summed E-state index contributed by atoms with van der Waals surface area (Å²) in [5, 5.41) is 5.07. The highest BCUT2D eigenvalue weighted by Gasteiger charge is 2.52. The fraction of sp³-hybridized carbons (Fsp3) is 0.220. The van der Waals surface area contributed by atoms with Crippen LogP contribution in [0.25, 0.3) is 66.1 Å². The Kier molecular flexibility index (Phi) is 7.58. The van der Waals surface area contributed by atoms with Gasteiger partial charge in [0.15, 0.2) is 0 Å². The SMILES string of the molecule is CC1(C)c2ccccc2-c2ccc(N(c3ccc4oc5cccc(C67CC8CC(CC(C8)C6)C7)c5c4c3)c3ccccc3-c3cccc4cccc(-c5ccccc5)c34)cc21. The third-order valence-electron chi connectivity index (χ3n) is 15.6. The zero-order valence-corrected chi connectivity index (χ0v) is 35.0. The molecule has 0 aliphatic heterocycles. The van der Waals surface area contributed by atoms with E-state index in [1.165, 1.54) is 110 Å². The number of furan rings is 1. The Morgan fingerprint density at radius 3 is 1.85 bits per heavy atom. The molecular weight excluding hydrogens is 739 g/mol. The molecule has 0 saturated heterocycles. The van der Waals surface area contributed by atoms with Gasteiger partial charge in [0.25, 0.3) is 0 Å². The highest BCUT2D eigenvalue weighted by Crippen LogP contribution is 2.62. The quantitative estimate of drug-likeness (QED) is 0.167. The molecule has 14 rings (SSSR count). The van der Waals surface area contributed by atoms with Crippen LogP contribution < -0.4 is 4.90 Å². The first-order valence-corrected chi connectivity index (χ1v) is 22.6. The van der Waals surface area contributed by atoms with Crippen LogP contribution in [0.15, 0.2) is 174 Å². The minimum absolute atomic E-state index is 0.134. The molecule has 2 heteroatoms. The second-order valence-electron chi connectivity index (χ2n) is 19.5. The standard InChI is InChI=1S/C59H49NO/c1-58(2)50-21-8-6-17-45(50)46-27-25-43(33-52(46)58)60(53-23-9-7-18-47(53)48-20-11-16-41-15-10-19-44(56(41)48)40-13-4-3-5-14-40)42-26-28-54-49(32-42)57-51(22-12-24-55(57)61-54)59-34-37-29-38(35-59)31-39(30-37)36-59/h3-28,32-33,37-39H,29-31,34-36H2,1-2H3. The van der Waals surface area contributed by atoms with E-state index >= 15 is 0 Å². The Morgan fingerprint density at radius 2 is 1.07 bits per heavy atom. The average Bonchev–Trinajstić information content (AvgIpc) is 3.77. The van der Waals surface area contributed by atoms with Crippen LogP contribution in [-0.4, -0.2) is 0 Å². The van der Waals surface area contributed by atoms with Crippen molar-refractivity contribution in [1.29, 1.82) is 0 Å². The van der Waals surface area contributed by atoms with Gasteiger partial charge in [-0.05, 0) is 159 Å². The number of rotatable bonds is 6. The van der Waals surface area contributed by atoms with Gasteiger partial charge in [-0.15, -0.1) is 0 Å². The molecule has 2 nitrogen and oxygen atoms in total. The highest BCUT2D eigenvalue weighted by atomic mass is 16.3. The Morgan fingerprint density at radius 1 is 0.459 bits per heavy atom. The van der Waals surface area contributed by atoms with Gasteiger partial charge in [-0.1, -0.05) is 141 Å². The molecule has 1 aromatic heterocycles. The maximum absolute atomic E-state index is 6.80. The van der Waals surface area contributed by atoms with Gasteiger partial charge in [0.05, 0.1) is 5.69 Å². The molecule has 4 bridgehead atoms. The predicted molar refractivity (Wildman–Crippen MR) is 254 cm³/mol. The van der Waals surface area contributed by atoms with E-state index in [9.17, 15) is 0 Å². The van der Waals surface area contributed by atoms with E-state index in [0.717, 1.165) is 46.0 Å². The number of benzene rings is 8. The molecule has 5 aliphatic carbocycles. The van der Waals surface area contributed by atoms with Gasteiger partial charge >= 0.3 is 0 Å². The maximum atomic E-state index is 6.80. The lowest BCUT2D eigenvalue weighted by atomic mass is 9.48. The predicted octanol–water partition coefficient (Wildman–Crippen LogP) is 16.3. The number of anilines is 3. The van der Waals surface area contributed by atoms with Crippen molar-refractivity contribution in [3.8, 4) is 33.4 Å². The lowest BCUT2D eigenvalue weighted by Crippen LogP contribution is -2.48. The van der Waals surface area contributed by atoms with E-state index in [1.807, 2.05) is 0 Å². The molecule has 5 aliphatic rings. The van der Waals surface area contributed by atoms with Crippen molar-refractivity contribution >= 4 is 49.8 Å². The Bertz CT molecular complexity index is 3180. The van der Waals surface area contributed by atoms with Gasteiger partial charge < -0.3 is 9.32 Å². The molecule has 9 aromatic rings. The van der Waals surface area contributed by atoms with E-state index < -0.39 is 0 Å². The lowest BCUT2D eigenvalue weighted by Gasteiger charge is -2.57. The summed E-state index contributed by atoms with van der Waals surface area (Å²) in [6.45, 7) is 4.77. The van der Waals surface area contributed by atoms with Crippen molar-refractivity contribution in [1.82, 2.24) is 0 Å². The summed E-state index contributed by atoms with van der Waals surface area (Å²) >= 11 is 0. The van der Waals surface area contributed by atoms with Crippen molar-refractivity contribution in [2.24, 2.45) is 17.8 Å². The van der Waals surface area contributed by atoms with Crippen LogP contribution in [0.1, 0.15) is 69.1 Å². The molecule has 0 amide bonds. The summed E-state index contributed by atoms with van der Waals surface area (Å²) in [7, 11) is 0. The maximum Gasteiger partial charge on any atom is 0.135 e. The van der Waals surface area contributed by atoms with Gasteiger partial charge in [0.1, 0.15) is 11.2 Å². The van der Waals surface area contributed by atoms with Crippen molar-refractivity contribution in [2.45, 2.75) is 63.2 Å². The molecule has 8 aromatic carbocycles. The van der Waals surface area contributed by atoms with Crippen LogP contribution in [0.5, 0.6) is 0 Å². The zero-order valence-electron chi connectivity index (χ0n) is 35.0. The summed E-state index contributed by atoms with van der Waals surface area (Å²) in [6, 6.07) is 63.5. The van der Waals surface area contributed by atoms with Gasteiger partial charge in [-0.3, -0.25) is 0 Å². The summed E-state index contributed by atoms with van der Waals surface area (Å²) < 4.78 is 6.80. The van der Waals surface area contributed by atoms with Crippen LogP contribution in [0, 0.1) is 17.8 Å². The monoisotopic (exact) mass is 787 g/mol. The second-order valence-corrected chi connectivity index (χ2v) is 19.5. The Balaban J connectivity index is 1.05. The first-order chi connectivity index (χ1) is 29.9. The summed E-state index contributed by atoms with van der Waals surface area (Å²) in [5.74, 6) is 2.61. The second kappa shape index (κ2) is 13.1. The van der Waals surface area contributed by atoms with Crippen LogP contribution in [0.3, 0.4) is 0 Å². The first kappa shape index (κ1) is 35.4. The molecule has 4 saturated carbocycles. The average molecular weight is 788 g/mol. The summed E-state index contributed by atoms with van der Waals surface area (Å²) in [6.07, 6.45) is 8.29. The normalized spacial score (nSPS) is 21.9. The molecule has 0 radical (unpaired) electrons. The van der Waals surface area contributed by atoms with Crippen LogP contribution in [0.4, 0.5) is 17.1 Å². The molecule has 296 valence electrons. The molecule has 0 N–H and O–H groups in total. The third kappa shape index (κ3) is 5.27. The van der Waals surface area contributed by atoms with Gasteiger partial charge in [-0.25, -0.2) is 0 Å². The number of para-hydroxylation sites is 1. The van der Waals surface area contributed by atoms with E-state index in [1.54, 1.807) is 0 Å². The van der Waals surface area contributed by atoms with Crippen molar-refractivity contribution < 1.29 is 4.42 Å². The Labute approximate surface area is 358 Å². The fourth-order valence-electron chi connectivity index (χ4n) is 13.4. The molecule has 1 heterocycles. The van der Waals surface area contributed by atoms with Crippen molar-refractivity contribution in [2.75, 3.05) is 4.90 Å². The van der Waals surface area contributed by atoms with E-state index in [4.69, 9.17) is 4.42 Å². The van der Waals surface area contributed by atoms with E-state index in [2.05, 4.69) is 189 Å². The summed E-state index contributed by atoms with van der Waals surface area (Å²) in [5.41, 5.74) is 17.4. The number of hydrogen-bond donors (Lipinski definition) is 0. The molecule has 0 atom stereocenters. The summed E-state index contributed by atoms with van der Waals surface area (Å²) in [4.78, 5) is 2.53. The largest absolute Gasteiger partial charge is 0.456 e. The number of fused-ring (bicyclic) bond motifs is 7.